The van der Waals surface area contributed by atoms with E-state index in [1.807, 2.05) is 12.1 Å². The molecule has 0 unspecified atom stereocenters. The van der Waals surface area contributed by atoms with E-state index >= 15 is 0 Å². The van der Waals surface area contributed by atoms with E-state index in [0.29, 0.717) is 22.1 Å². The molecule has 168 valence electrons. The Hall–Kier alpha value is -3.50. The van der Waals surface area contributed by atoms with E-state index in [-0.39, 0.29) is 36.3 Å². The predicted octanol–water partition coefficient (Wildman–Crippen LogP) is 3.82. The van der Waals surface area contributed by atoms with Crippen molar-refractivity contribution in [3.05, 3.63) is 72.6 Å². The molecular formula is C23H19N3O5S2. The number of rotatable bonds is 7. The number of hydrogen-bond acceptors (Lipinski definition) is 8. The van der Waals surface area contributed by atoms with Crippen molar-refractivity contribution in [2.24, 2.45) is 0 Å². The standard InChI is InChI=1S/C23H19N3O5S2/c27-22(8-10-33(28,29)17-6-2-1-3-7-17)26(14-16-5-4-9-24-13-16)23-25-18-11-19-20(31-15-30-19)12-21(18)32-23/h1-7,9,11-13H,8,10,14-15H2. The summed E-state index contributed by atoms with van der Waals surface area (Å²) in [5.41, 5.74) is 1.49. The van der Waals surface area contributed by atoms with E-state index in [4.69, 9.17) is 9.47 Å². The summed E-state index contributed by atoms with van der Waals surface area (Å²) >= 11 is 1.34. The third-order valence-corrected chi connectivity index (χ3v) is 7.93. The lowest BCUT2D eigenvalue weighted by Gasteiger charge is -2.20. The van der Waals surface area contributed by atoms with E-state index < -0.39 is 9.84 Å². The van der Waals surface area contributed by atoms with Gasteiger partial charge in [0, 0.05) is 30.9 Å². The molecule has 1 aliphatic heterocycles. The number of carbonyl (C=O) groups excluding carboxylic acids is 1. The van der Waals surface area contributed by atoms with Gasteiger partial charge in [-0.2, -0.15) is 0 Å². The van der Waals surface area contributed by atoms with Crippen molar-refractivity contribution in [1.29, 1.82) is 0 Å². The van der Waals surface area contributed by atoms with E-state index in [0.717, 1.165) is 10.3 Å². The van der Waals surface area contributed by atoms with Gasteiger partial charge in [-0.3, -0.25) is 14.7 Å². The zero-order chi connectivity index (χ0) is 22.8. The molecule has 33 heavy (non-hydrogen) atoms. The van der Waals surface area contributed by atoms with Crippen LogP contribution in [0.5, 0.6) is 11.5 Å². The van der Waals surface area contributed by atoms with Crippen molar-refractivity contribution >= 4 is 42.4 Å². The fourth-order valence-corrected chi connectivity index (χ4v) is 5.70. The second-order valence-electron chi connectivity index (χ2n) is 7.39. The van der Waals surface area contributed by atoms with Crippen molar-refractivity contribution < 1.29 is 22.7 Å². The minimum atomic E-state index is -3.59. The highest BCUT2D eigenvalue weighted by Crippen LogP contribution is 2.40. The number of fused-ring (bicyclic) bond motifs is 2. The number of hydrogen-bond donors (Lipinski definition) is 0. The number of carbonyl (C=O) groups is 1. The molecule has 0 fully saturated rings. The topological polar surface area (TPSA) is 98.7 Å². The van der Waals surface area contributed by atoms with Crippen LogP contribution in [0, 0.1) is 0 Å². The summed E-state index contributed by atoms with van der Waals surface area (Å²) in [7, 11) is -3.59. The zero-order valence-corrected chi connectivity index (χ0v) is 19.0. The van der Waals surface area contributed by atoms with Crippen molar-refractivity contribution in [3.63, 3.8) is 0 Å². The first-order valence-electron chi connectivity index (χ1n) is 10.2. The zero-order valence-electron chi connectivity index (χ0n) is 17.4. The number of nitrogens with zero attached hydrogens (tertiary/aromatic N) is 3. The van der Waals surface area contributed by atoms with Gasteiger partial charge in [-0.25, -0.2) is 13.4 Å². The molecule has 2 aromatic carbocycles. The van der Waals surface area contributed by atoms with Gasteiger partial charge in [-0.15, -0.1) is 0 Å². The fourth-order valence-electron chi connectivity index (χ4n) is 3.46. The number of benzene rings is 2. The summed E-state index contributed by atoms with van der Waals surface area (Å²) in [6.45, 7) is 0.394. The van der Waals surface area contributed by atoms with Gasteiger partial charge < -0.3 is 9.47 Å². The van der Waals surface area contributed by atoms with Crippen LogP contribution in [0.15, 0.2) is 71.9 Å². The average molecular weight is 482 g/mol. The molecule has 0 bridgehead atoms. The van der Waals surface area contributed by atoms with Gasteiger partial charge in [-0.1, -0.05) is 35.6 Å². The van der Waals surface area contributed by atoms with E-state index in [1.54, 1.807) is 42.7 Å². The lowest BCUT2D eigenvalue weighted by atomic mass is 10.2. The van der Waals surface area contributed by atoms with Crippen LogP contribution in [0.3, 0.4) is 0 Å². The van der Waals surface area contributed by atoms with Gasteiger partial charge in [0.15, 0.2) is 26.5 Å². The van der Waals surface area contributed by atoms with Crippen LogP contribution in [0.4, 0.5) is 5.13 Å². The van der Waals surface area contributed by atoms with Crippen molar-refractivity contribution in [1.82, 2.24) is 9.97 Å². The molecular weight excluding hydrogens is 462 g/mol. The molecule has 0 saturated carbocycles. The molecule has 10 heteroatoms. The van der Waals surface area contributed by atoms with Crippen LogP contribution >= 0.6 is 11.3 Å². The smallest absolute Gasteiger partial charge is 0.231 e. The Morgan fingerprint density at radius 2 is 1.85 bits per heavy atom. The summed E-state index contributed by atoms with van der Waals surface area (Å²) in [6, 6.07) is 15.4. The third kappa shape index (κ3) is 4.53. The molecule has 1 aliphatic rings. The molecule has 3 heterocycles. The summed E-state index contributed by atoms with van der Waals surface area (Å²) < 4.78 is 37.1. The molecule has 0 N–H and O–H groups in total. The lowest BCUT2D eigenvalue weighted by Crippen LogP contribution is -2.31. The van der Waals surface area contributed by atoms with Gasteiger partial charge in [0.1, 0.15) is 0 Å². The Kier molecular flexibility index (Phi) is 5.69. The number of anilines is 1. The monoisotopic (exact) mass is 481 g/mol. The summed E-state index contributed by atoms with van der Waals surface area (Å²) in [5, 5.41) is 0.472. The van der Waals surface area contributed by atoms with Crippen LogP contribution < -0.4 is 14.4 Å². The molecule has 0 spiro atoms. The second kappa shape index (κ2) is 8.80. The first-order chi connectivity index (χ1) is 16.0. The SMILES string of the molecule is O=C(CCS(=O)(=O)c1ccccc1)N(Cc1cccnc1)c1nc2cc3c(cc2s1)OCO3. The van der Waals surface area contributed by atoms with Gasteiger partial charge in [-0.05, 0) is 23.8 Å². The second-order valence-corrected chi connectivity index (χ2v) is 10.5. The molecule has 1 amide bonds. The Balaban J connectivity index is 1.43. The Morgan fingerprint density at radius 3 is 2.61 bits per heavy atom. The van der Waals surface area contributed by atoms with Crippen molar-refractivity contribution in [3.8, 4) is 11.5 Å². The highest BCUT2D eigenvalue weighted by atomic mass is 32.2. The van der Waals surface area contributed by atoms with Crippen LogP contribution in [0.25, 0.3) is 10.2 Å². The molecule has 5 rings (SSSR count). The highest BCUT2D eigenvalue weighted by Gasteiger charge is 2.25. The van der Waals surface area contributed by atoms with Gasteiger partial charge in [0.25, 0.3) is 0 Å². The molecule has 4 aromatic rings. The van der Waals surface area contributed by atoms with Crippen LogP contribution in [-0.4, -0.2) is 36.8 Å². The number of ether oxygens (including phenoxy) is 2. The maximum absolute atomic E-state index is 13.3. The Labute approximate surface area is 194 Å². The van der Waals surface area contributed by atoms with Gasteiger partial charge in [0.2, 0.25) is 12.7 Å². The molecule has 0 atom stereocenters. The Morgan fingerprint density at radius 1 is 1.06 bits per heavy atom. The van der Waals surface area contributed by atoms with Crippen molar-refractivity contribution in [2.45, 2.75) is 17.9 Å². The van der Waals surface area contributed by atoms with Gasteiger partial charge >= 0.3 is 0 Å². The molecule has 0 radical (unpaired) electrons. The van der Waals surface area contributed by atoms with E-state index in [2.05, 4.69) is 9.97 Å². The van der Waals surface area contributed by atoms with E-state index in [1.165, 1.54) is 28.4 Å². The maximum atomic E-state index is 13.3. The number of aromatic nitrogens is 2. The average Bonchev–Trinajstić information content (AvgIpc) is 3.46. The third-order valence-electron chi connectivity index (χ3n) is 5.15. The molecule has 8 nitrogen and oxygen atoms in total. The number of amides is 1. The van der Waals surface area contributed by atoms with Crippen molar-refractivity contribution in [2.75, 3.05) is 17.4 Å². The summed E-state index contributed by atoms with van der Waals surface area (Å²) in [6.07, 6.45) is 3.15. The number of sulfone groups is 1. The lowest BCUT2D eigenvalue weighted by molar-refractivity contribution is -0.118. The Bertz CT molecular complexity index is 1370. The van der Waals surface area contributed by atoms with Crippen LogP contribution in [0.1, 0.15) is 12.0 Å². The molecule has 0 saturated heterocycles. The van der Waals surface area contributed by atoms with Gasteiger partial charge in [0.05, 0.1) is 27.4 Å². The first kappa shape index (κ1) is 21.4. The molecule has 0 aliphatic carbocycles. The maximum Gasteiger partial charge on any atom is 0.231 e. The minimum Gasteiger partial charge on any atom is -0.454 e. The predicted molar refractivity (Wildman–Crippen MR) is 124 cm³/mol. The number of thiazole rings is 1. The summed E-state index contributed by atoms with van der Waals surface area (Å²) in [4.78, 5) is 23.7. The first-order valence-corrected chi connectivity index (χ1v) is 12.6. The van der Waals surface area contributed by atoms with Crippen LogP contribution in [-0.2, 0) is 21.2 Å². The quantitative estimate of drug-likeness (QED) is 0.396. The summed E-state index contributed by atoms with van der Waals surface area (Å²) in [5.74, 6) is 0.618. The minimum absolute atomic E-state index is 0.168. The largest absolute Gasteiger partial charge is 0.454 e. The van der Waals surface area contributed by atoms with E-state index in [9.17, 15) is 13.2 Å². The normalized spacial score (nSPS) is 12.7. The fraction of sp³-hybridized carbons (Fsp3) is 0.174. The van der Waals surface area contributed by atoms with Crippen LogP contribution in [0.2, 0.25) is 0 Å². The highest BCUT2D eigenvalue weighted by molar-refractivity contribution is 7.91. The number of pyridine rings is 1. The molecule has 2 aromatic heterocycles.